The maximum Gasteiger partial charge on any atom is 0.320 e. The van der Waals surface area contributed by atoms with Gasteiger partial charge in [0.15, 0.2) is 11.5 Å². The molecule has 17 heteroatoms. The molecule has 17 nitrogen and oxygen atoms in total. The number of carbonyl (C=O) groups is 3. The number of aromatic amines is 3. The van der Waals surface area contributed by atoms with Gasteiger partial charge in [0.2, 0.25) is 0 Å². The van der Waals surface area contributed by atoms with Gasteiger partial charge in [-0.2, -0.15) is 0 Å². The molecular formula is C28H39N11O6. The fourth-order valence-corrected chi connectivity index (χ4v) is 3.74. The molecule has 0 amide bonds. The van der Waals surface area contributed by atoms with Crippen LogP contribution in [-0.4, -0.2) is 86.2 Å². The molecule has 3 atom stereocenters. The highest BCUT2D eigenvalue weighted by atomic mass is 16.4. The molecule has 45 heavy (non-hydrogen) atoms. The number of H-pyrrole nitrogens is 3. The van der Waals surface area contributed by atoms with Gasteiger partial charge in [-0.3, -0.25) is 14.4 Å². The monoisotopic (exact) mass is 625 g/mol. The first-order valence-corrected chi connectivity index (χ1v) is 13.7. The van der Waals surface area contributed by atoms with Gasteiger partial charge in [0.1, 0.15) is 30.0 Å². The summed E-state index contributed by atoms with van der Waals surface area (Å²) in [5, 5.41) is 26.5. The van der Waals surface area contributed by atoms with Crippen LogP contribution in [0, 0.1) is 5.92 Å². The number of nitrogens with one attached hydrogen (secondary N) is 3. The van der Waals surface area contributed by atoms with Crippen molar-refractivity contribution in [1.82, 2.24) is 34.9 Å². The average Bonchev–Trinajstić information content (AvgIpc) is 3.76. The summed E-state index contributed by atoms with van der Waals surface area (Å²) in [4.78, 5) is 54.9. The molecule has 0 saturated carbocycles. The third-order valence-corrected chi connectivity index (χ3v) is 6.04. The summed E-state index contributed by atoms with van der Waals surface area (Å²) in [5.41, 5.74) is 25.4. The summed E-state index contributed by atoms with van der Waals surface area (Å²) in [6, 6.07) is 5.37. The Morgan fingerprint density at radius 3 is 2.02 bits per heavy atom. The van der Waals surface area contributed by atoms with E-state index in [0.29, 0.717) is 35.7 Å². The van der Waals surface area contributed by atoms with Crippen LogP contribution in [0.15, 0.2) is 55.6 Å². The molecule has 0 aliphatic heterocycles. The Balaban J connectivity index is 0.000000214. The zero-order valence-corrected chi connectivity index (χ0v) is 24.8. The van der Waals surface area contributed by atoms with Crippen molar-refractivity contribution in [3.05, 3.63) is 66.9 Å². The van der Waals surface area contributed by atoms with E-state index in [0.717, 1.165) is 22.2 Å². The van der Waals surface area contributed by atoms with Crippen molar-refractivity contribution in [3.8, 4) is 0 Å². The van der Waals surface area contributed by atoms with Crippen molar-refractivity contribution in [2.24, 2.45) is 23.1 Å². The third-order valence-electron chi connectivity index (χ3n) is 6.04. The van der Waals surface area contributed by atoms with Crippen molar-refractivity contribution in [2.45, 2.75) is 51.2 Å². The summed E-state index contributed by atoms with van der Waals surface area (Å²) in [7, 11) is 0. The minimum absolute atomic E-state index is 0.287. The molecule has 0 bridgehead atoms. The van der Waals surface area contributed by atoms with E-state index in [1.165, 1.54) is 19.0 Å². The van der Waals surface area contributed by atoms with Crippen LogP contribution < -0.4 is 22.9 Å². The van der Waals surface area contributed by atoms with Gasteiger partial charge in [0.05, 0.1) is 12.7 Å². The van der Waals surface area contributed by atoms with E-state index in [2.05, 4.69) is 34.9 Å². The number of nitrogens with two attached hydrogens (primary N) is 4. The molecule has 1 aromatic carbocycles. The normalized spacial score (nSPS) is 12.5. The van der Waals surface area contributed by atoms with Crippen LogP contribution in [0.1, 0.15) is 31.5 Å². The number of anilines is 1. The van der Waals surface area contributed by atoms with E-state index in [4.69, 9.17) is 38.3 Å². The standard InChI is InChI=1S/C11H12N2O2.C6H9N3O2.C6H13NO2.C5H5N5/c12-9(11(14)15)5-7-6-13-10-4-2-1-3-8(7)10;7-5(6(10)11)1-4-2-8-3-9-4;1-4(2)3-5(7)6(8)9;6-4-3-5(9-1-7-3)10-2-8-4/h1-4,6,9,13H,5,12H2,(H,14,15);2-3,5H,1,7H2,(H,8,9)(H,10,11);4-5H,3,7H2,1-2H3,(H,8,9);1-2H,(H3,6,7,8,9,10). The molecule has 4 heterocycles. The van der Waals surface area contributed by atoms with E-state index in [1.807, 2.05) is 44.3 Å². The first-order chi connectivity index (χ1) is 21.3. The summed E-state index contributed by atoms with van der Waals surface area (Å²) in [6.07, 6.45) is 8.97. The largest absolute Gasteiger partial charge is 0.480 e. The van der Waals surface area contributed by atoms with Crippen LogP contribution in [-0.2, 0) is 27.2 Å². The van der Waals surface area contributed by atoms with Crippen molar-refractivity contribution in [2.75, 3.05) is 5.73 Å². The fourth-order valence-electron chi connectivity index (χ4n) is 3.74. The highest BCUT2D eigenvalue weighted by Crippen LogP contribution is 2.18. The molecule has 0 saturated heterocycles. The second-order valence-corrected chi connectivity index (χ2v) is 10.2. The Hall–Kier alpha value is -5.39. The molecule has 0 radical (unpaired) electrons. The molecule has 0 aliphatic carbocycles. The lowest BCUT2D eigenvalue weighted by atomic mass is 10.1. The van der Waals surface area contributed by atoms with E-state index in [9.17, 15) is 14.4 Å². The van der Waals surface area contributed by atoms with Gasteiger partial charge < -0.3 is 53.2 Å². The molecule has 0 fully saturated rings. The third kappa shape index (κ3) is 12.0. The number of rotatable bonds is 9. The molecule has 5 rings (SSSR count). The Bertz CT molecular complexity index is 1630. The highest BCUT2D eigenvalue weighted by Gasteiger charge is 2.15. The number of para-hydroxylation sites is 1. The second-order valence-electron chi connectivity index (χ2n) is 10.2. The average molecular weight is 626 g/mol. The van der Waals surface area contributed by atoms with Gasteiger partial charge in [-0.25, -0.2) is 19.9 Å². The van der Waals surface area contributed by atoms with Crippen LogP contribution in [0.3, 0.4) is 0 Å². The van der Waals surface area contributed by atoms with Gasteiger partial charge >= 0.3 is 17.9 Å². The van der Waals surface area contributed by atoms with Crippen molar-refractivity contribution < 1.29 is 29.7 Å². The number of aliphatic carboxylic acids is 3. The Morgan fingerprint density at radius 2 is 1.47 bits per heavy atom. The lowest BCUT2D eigenvalue weighted by Gasteiger charge is -2.07. The van der Waals surface area contributed by atoms with Crippen LogP contribution in [0.4, 0.5) is 5.82 Å². The summed E-state index contributed by atoms with van der Waals surface area (Å²) >= 11 is 0. The Kier molecular flexibility index (Phi) is 14.1. The quantitative estimate of drug-likeness (QED) is 0.109. The maximum absolute atomic E-state index is 10.6. The Morgan fingerprint density at radius 1 is 0.822 bits per heavy atom. The molecule has 4 aromatic heterocycles. The minimum atomic E-state index is -1.00. The first-order valence-electron chi connectivity index (χ1n) is 13.7. The lowest BCUT2D eigenvalue weighted by Crippen LogP contribution is -2.32. The van der Waals surface area contributed by atoms with Gasteiger partial charge in [-0.1, -0.05) is 32.0 Å². The van der Waals surface area contributed by atoms with Gasteiger partial charge in [-0.05, 0) is 24.0 Å². The molecule has 5 aromatic rings. The Labute approximate surface area is 257 Å². The zero-order chi connectivity index (χ0) is 33.5. The van der Waals surface area contributed by atoms with E-state index in [1.54, 1.807) is 6.20 Å². The maximum atomic E-state index is 10.6. The SMILES string of the molecule is CC(C)CC(N)C(=O)O.NC(Cc1c[nH]c2ccccc12)C(=O)O.NC(Cc1cnc[nH]1)C(=O)O.Nc1ncnc2nc[nH]c12. The number of aromatic nitrogens is 7. The van der Waals surface area contributed by atoms with Crippen LogP contribution >= 0.6 is 0 Å². The molecule has 14 N–H and O–H groups in total. The number of nitrogen functional groups attached to an aromatic ring is 1. The number of benzene rings is 1. The topological polar surface area (TPSA) is 315 Å². The molecule has 242 valence electrons. The number of nitrogens with zero attached hydrogens (tertiary/aromatic N) is 4. The number of hydrogen-bond acceptors (Lipinski definition) is 11. The lowest BCUT2D eigenvalue weighted by molar-refractivity contribution is -0.139. The summed E-state index contributed by atoms with van der Waals surface area (Å²) in [6.45, 7) is 3.89. The van der Waals surface area contributed by atoms with E-state index < -0.39 is 36.0 Å². The highest BCUT2D eigenvalue weighted by molar-refractivity contribution is 5.84. The van der Waals surface area contributed by atoms with Crippen LogP contribution in [0.5, 0.6) is 0 Å². The van der Waals surface area contributed by atoms with Crippen molar-refractivity contribution in [3.63, 3.8) is 0 Å². The summed E-state index contributed by atoms with van der Waals surface area (Å²) < 4.78 is 0. The number of carboxylic acids is 3. The van der Waals surface area contributed by atoms with E-state index in [-0.39, 0.29) is 6.42 Å². The number of fused-ring (bicyclic) bond motifs is 2. The minimum Gasteiger partial charge on any atom is -0.480 e. The molecule has 0 spiro atoms. The van der Waals surface area contributed by atoms with Crippen molar-refractivity contribution >= 4 is 45.8 Å². The first kappa shape index (κ1) is 35.8. The van der Waals surface area contributed by atoms with Crippen LogP contribution in [0.25, 0.3) is 22.1 Å². The molecule has 0 aliphatic rings. The predicted molar refractivity (Wildman–Crippen MR) is 167 cm³/mol. The summed E-state index contributed by atoms with van der Waals surface area (Å²) in [5.74, 6) is -2.10. The predicted octanol–water partition coefficient (Wildman–Crippen LogP) is 0.866. The smallest absolute Gasteiger partial charge is 0.320 e. The second kappa shape index (κ2) is 17.7. The van der Waals surface area contributed by atoms with Crippen molar-refractivity contribution in [1.29, 1.82) is 0 Å². The van der Waals surface area contributed by atoms with Gasteiger partial charge in [-0.15, -0.1) is 0 Å². The van der Waals surface area contributed by atoms with Gasteiger partial charge in [0, 0.05) is 41.8 Å². The number of carboxylic acid groups (broad SMARTS) is 3. The number of hydrogen-bond donors (Lipinski definition) is 10. The van der Waals surface area contributed by atoms with Gasteiger partial charge in [0.25, 0.3) is 0 Å². The molecule has 3 unspecified atom stereocenters. The molecular weight excluding hydrogens is 586 g/mol. The fraction of sp³-hybridized carbons (Fsp3) is 0.321. The zero-order valence-electron chi connectivity index (χ0n) is 24.8. The van der Waals surface area contributed by atoms with Crippen LogP contribution in [0.2, 0.25) is 0 Å². The van der Waals surface area contributed by atoms with E-state index >= 15 is 0 Å². The number of imidazole rings is 2.